The molecule has 0 aliphatic carbocycles. The Bertz CT molecular complexity index is 137. The highest BCUT2D eigenvalue weighted by atomic mass is 16.5. The molecule has 0 rings (SSSR count). The van der Waals surface area contributed by atoms with Crippen LogP contribution < -0.4 is 5.32 Å². The van der Waals surface area contributed by atoms with Gasteiger partial charge >= 0.3 is 5.97 Å². The van der Waals surface area contributed by atoms with Crippen molar-refractivity contribution < 1.29 is 14.6 Å². The van der Waals surface area contributed by atoms with Crippen LogP contribution in [0.1, 0.15) is 26.7 Å². The Morgan fingerprint density at radius 3 is 2.77 bits per heavy atom. The predicted octanol–water partition coefficient (Wildman–Crippen LogP) is 0.300. The molecule has 2 N–H and O–H groups in total. The van der Waals surface area contributed by atoms with Gasteiger partial charge in [-0.25, -0.2) is 0 Å². The topological polar surface area (TPSA) is 58.6 Å². The van der Waals surface area contributed by atoms with Crippen LogP contribution in [0.3, 0.4) is 0 Å². The number of hydrogen-bond donors (Lipinski definition) is 2. The second-order valence-electron chi connectivity index (χ2n) is 2.94. The average molecular weight is 189 g/mol. The number of hydrogen-bond acceptors (Lipinski definition) is 4. The van der Waals surface area contributed by atoms with Gasteiger partial charge in [0.2, 0.25) is 0 Å². The van der Waals surface area contributed by atoms with Crippen molar-refractivity contribution >= 4 is 5.97 Å². The third-order valence-electron chi connectivity index (χ3n) is 1.55. The molecule has 0 aliphatic heterocycles. The van der Waals surface area contributed by atoms with Gasteiger partial charge in [0.05, 0.1) is 19.1 Å². The summed E-state index contributed by atoms with van der Waals surface area (Å²) in [6, 6.07) is 0. The molecule has 1 unspecified atom stereocenters. The van der Waals surface area contributed by atoms with Crippen LogP contribution in [0.25, 0.3) is 0 Å². The second kappa shape index (κ2) is 8.01. The molecule has 0 heterocycles. The standard InChI is InChI=1S/C9H19NO3/c1-3-13-9(12)5-7-10-6-4-8(2)11/h8,10-11H,3-7H2,1-2H3. The van der Waals surface area contributed by atoms with E-state index in [1.54, 1.807) is 13.8 Å². The van der Waals surface area contributed by atoms with Crippen molar-refractivity contribution in [2.75, 3.05) is 19.7 Å². The van der Waals surface area contributed by atoms with Gasteiger partial charge in [0.1, 0.15) is 0 Å². The molecule has 13 heavy (non-hydrogen) atoms. The van der Waals surface area contributed by atoms with Crippen LogP contribution in [0.15, 0.2) is 0 Å². The number of esters is 1. The molecule has 0 fully saturated rings. The average Bonchev–Trinajstić information content (AvgIpc) is 2.03. The Kier molecular flexibility index (Phi) is 7.63. The highest BCUT2D eigenvalue weighted by molar-refractivity contribution is 5.69. The van der Waals surface area contributed by atoms with E-state index in [9.17, 15) is 4.79 Å². The SMILES string of the molecule is CCOC(=O)CCNCCC(C)O. The van der Waals surface area contributed by atoms with Crippen LogP contribution >= 0.6 is 0 Å². The zero-order chi connectivity index (χ0) is 10.1. The summed E-state index contributed by atoms with van der Waals surface area (Å²) in [6.07, 6.45) is 0.825. The predicted molar refractivity (Wildman–Crippen MR) is 50.4 cm³/mol. The Hall–Kier alpha value is -0.610. The highest BCUT2D eigenvalue weighted by Gasteiger charge is 2.00. The van der Waals surface area contributed by atoms with E-state index in [1.165, 1.54) is 0 Å². The highest BCUT2D eigenvalue weighted by Crippen LogP contribution is 1.87. The molecule has 0 aromatic rings. The molecular formula is C9H19NO3. The molecule has 1 atom stereocenters. The normalized spacial score (nSPS) is 12.5. The van der Waals surface area contributed by atoms with Gasteiger partial charge in [-0.3, -0.25) is 4.79 Å². The molecule has 0 aromatic carbocycles. The van der Waals surface area contributed by atoms with E-state index in [0.29, 0.717) is 26.0 Å². The first-order valence-corrected chi connectivity index (χ1v) is 4.71. The van der Waals surface area contributed by atoms with E-state index in [-0.39, 0.29) is 12.1 Å². The van der Waals surface area contributed by atoms with Gasteiger partial charge in [0.25, 0.3) is 0 Å². The molecule has 4 heteroatoms. The van der Waals surface area contributed by atoms with Crippen molar-refractivity contribution in [3.8, 4) is 0 Å². The maximum Gasteiger partial charge on any atom is 0.307 e. The van der Waals surface area contributed by atoms with Crippen LogP contribution in [0.2, 0.25) is 0 Å². The molecule has 0 amide bonds. The fraction of sp³-hybridized carbons (Fsp3) is 0.889. The molecule has 78 valence electrons. The van der Waals surface area contributed by atoms with Crippen LogP contribution in [0.4, 0.5) is 0 Å². The molecular weight excluding hydrogens is 170 g/mol. The largest absolute Gasteiger partial charge is 0.466 e. The maximum atomic E-state index is 10.8. The quantitative estimate of drug-likeness (QED) is 0.447. The van der Waals surface area contributed by atoms with Gasteiger partial charge in [-0.2, -0.15) is 0 Å². The number of aliphatic hydroxyl groups excluding tert-OH is 1. The third-order valence-corrected chi connectivity index (χ3v) is 1.55. The first-order chi connectivity index (χ1) is 6.16. The summed E-state index contributed by atoms with van der Waals surface area (Å²) in [5.41, 5.74) is 0. The van der Waals surface area contributed by atoms with Crippen molar-refractivity contribution in [2.24, 2.45) is 0 Å². The van der Waals surface area contributed by atoms with E-state index in [1.807, 2.05) is 0 Å². The van der Waals surface area contributed by atoms with Crippen LogP contribution in [-0.2, 0) is 9.53 Å². The second-order valence-corrected chi connectivity index (χ2v) is 2.94. The van der Waals surface area contributed by atoms with E-state index in [2.05, 4.69) is 5.32 Å². The molecule has 0 radical (unpaired) electrons. The summed E-state index contributed by atoms with van der Waals surface area (Å²) < 4.78 is 4.74. The van der Waals surface area contributed by atoms with Gasteiger partial charge < -0.3 is 15.2 Å². The Labute approximate surface area is 79.3 Å². The van der Waals surface area contributed by atoms with Crippen molar-refractivity contribution in [1.82, 2.24) is 5.32 Å². The van der Waals surface area contributed by atoms with Crippen molar-refractivity contribution in [2.45, 2.75) is 32.8 Å². The zero-order valence-electron chi connectivity index (χ0n) is 8.38. The minimum Gasteiger partial charge on any atom is -0.466 e. The van der Waals surface area contributed by atoms with Crippen molar-refractivity contribution in [1.29, 1.82) is 0 Å². The van der Waals surface area contributed by atoms with E-state index < -0.39 is 0 Å². The lowest BCUT2D eigenvalue weighted by atomic mass is 10.3. The summed E-state index contributed by atoms with van der Waals surface area (Å²) in [6.45, 7) is 5.32. The number of rotatable bonds is 7. The summed E-state index contributed by atoms with van der Waals surface area (Å²) in [5, 5.41) is 12.0. The molecule has 4 nitrogen and oxygen atoms in total. The summed E-state index contributed by atoms with van der Waals surface area (Å²) in [7, 11) is 0. The van der Waals surface area contributed by atoms with Gasteiger partial charge in [0.15, 0.2) is 0 Å². The number of carbonyl (C=O) groups is 1. The molecule has 0 aliphatic rings. The zero-order valence-corrected chi connectivity index (χ0v) is 8.38. The van der Waals surface area contributed by atoms with Gasteiger partial charge in [-0.1, -0.05) is 0 Å². The minimum absolute atomic E-state index is 0.174. The number of ether oxygens (including phenoxy) is 1. The van der Waals surface area contributed by atoms with Gasteiger partial charge in [-0.15, -0.1) is 0 Å². The van der Waals surface area contributed by atoms with Gasteiger partial charge in [0, 0.05) is 6.54 Å². The monoisotopic (exact) mass is 189 g/mol. The molecule has 0 spiro atoms. The van der Waals surface area contributed by atoms with E-state index >= 15 is 0 Å². The van der Waals surface area contributed by atoms with Crippen molar-refractivity contribution in [3.05, 3.63) is 0 Å². The lowest BCUT2D eigenvalue weighted by molar-refractivity contribution is -0.142. The third kappa shape index (κ3) is 9.30. The lowest BCUT2D eigenvalue weighted by Gasteiger charge is -2.05. The van der Waals surface area contributed by atoms with Crippen LogP contribution in [-0.4, -0.2) is 36.9 Å². The van der Waals surface area contributed by atoms with Crippen LogP contribution in [0.5, 0.6) is 0 Å². The molecule has 0 bridgehead atoms. The number of nitrogens with one attached hydrogen (secondary N) is 1. The fourth-order valence-electron chi connectivity index (χ4n) is 0.860. The smallest absolute Gasteiger partial charge is 0.307 e. The fourth-order valence-corrected chi connectivity index (χ4v) is 0.860. The number of aliphatic hydroxyl groups is 1. The Morgan fingerprint density at radius 1 is 1.54 bits per heavy atom. The number of carbonyl (C=O) groups excluding carboxylic acids is 1. The van der Waals surface area contributed by atoms with Crippen LogP contribution in [0, 0.1) is 0 Å². The maximum absolute atomic E-state index is 10.8. The van der Waals surface area contributed by atoms with E-state index in [0.717, 1.165) is 6.54 Å². The Balaban J connectivity index is 3.11. The lowest BCUT2D eigenvalue weighted by Crippen LogP contribution is -2.22. The summed E-state index contributed by atoms with van der Waals surface area (Å²) in [5.74, 6) is -0.174. The summed E-state index contributed by atoms with van der Waals surface area (Å²) in [4.78, 5) is 10.8. The molecule has 0 saturated heterocycles. The Morgan fingerprint density at radius 2 is 2.23 bits per heavy atom. The van der Waals surface area contributed by atoms with Gasteiger partial charge in [-0.05, 0) is 26.8 Å². The first-order valence-electron chi connectivity index (χ1n) is 4.71. The summed E-state index contributed by atoms with van der Waals surface area (Å²) >= 11 is 0. The first kappa shape index (κ1) is 12.4. The molecule has 0 aromatic heterocycles. The minimum atomic E-state index is -0.282. The molecule has 0 saturated carbocycles. The van der Waals surface area contributed by atoms with Crippen molar-refractivity contribution in [3.63, 3.8) is 0 Å². The van der Waals surface area contributed by atoms with E-state index in [4.69, 9.17) is 9.84 Å².